The quantitative estimate of drug-likeness (QED) is 0.187. The highest BCUT2D eigenvalue weighted by Gasteiger charge is 2.17. The van der Waals surface area contributed by atoms with Gasteiger partial charge in [-0.05, 0) is 60.9 Å². The van der Waals surface area contributed by atoms with Gasteiger partial charge >= 0.3 is 0 Å². The number of nitrogens with one attached hydrogen (secondary N) is 1. The highest BCUT2D eigenvalue weighted by atomic mass is 32.2. The van der Waals surface area contributed by atoms with Crippen molar-refractivity contribution in [1.82, 2.24) is 10.2 Å². The van der Waals surface area contributed by atoms with E-state index in [1.165, 1.54) is 6.08 Å². The molecule has 0 saturated heterocycles. The first-order valence-corrected chi connectivity index (χ1v) is 13.3. The van der Waals surface area contributed by atoms with E-state index in [1.807, 2.05) is 32.0 Å². The Labute approximate surface area is 208 Å². The van der Waals surface area contributed by atoms with Gasteiger partial charge in [-0.3, -0.25) is 10.1 Å². The second kappa shape index (κ2) is 11.6. The lowest BCUT2D eigenvalue weighted by Crippen LogP contribution is -2.13. The molecule has 0 fully saturated rings. The molecule has 0 saturated carbocycles. The Balaban J connectivity index is 1.50. The minimum absolute atomic E-state index is 0.0122. The van der Waals surface area contributed by atoms with Crippen LogP contribution in [0, 0.1) is 25.2 Å². The van der Waals surface area contributed by atoms with Gasteiger partial charge in [0.15, 0.2) is 0 Å². The van der Waals surface area contributed by atoms with Crippen LogP contribution in [0.15, 0.2) is 52.4 Å². The number of nitriles is 1. The molecule has 0 aliphatic heterocycles. The van der Waals surface area contributed by atoms with E-state index in [4.69, 9.17) is 9.47 Å². The fourth-order valence-electron chi connectivity index (χ4n) is 3.01. The number of carbonyl (C=O) groups excluding carboxylic acids is 1. The minimum Gasteiger partial charge on any atom is -0.493 e. The van der Waals surface area contributed by atoms with E-state index in [1.54, 1.807) is 24.3 Å². The van der Waals surface area contributed by atoms with Crippen molar-refractivity contribution in [3.05, 3.63) is 64.7 Å². The third kappa shape index (κ3) is 7.91. The van der Waals surface area contributed by atoms with Crippen molar-refractivity contribution in [1.29, 1.82) is 5.26 Å². The van der Waals surface area contributed by atoms with Crippen molar-refractivity contribution in [3.8, 4) is 17.6 Å². The summed E-state index contributed by atoms with van der Waals surface area (Å²) in [6, 6.07) is 14.8. The van der Waals surface area contributed by atoms with Gasteiger partial charge in [-0.25, -0.2) is 8.42 Å². The van der Waals surface area contributed by atoms with Crippen molar-refractivity contribution < 1.29 is 22.7 Å². The summed E-state index contributed by atoms with van der Waals surface area (Å²) in [4.78, 5) is 12.4. The molecule has 1 amide bonds. The van der Waals surface area contributed by atoms with Crippen LogP contribution < -0.4 is 14.8 Å². The molecule has 9 nitrogen and oxygen atoms in total. The first kappa shape index (κ1) is 25.9. The number of carbonyl (C=O) groups is 1. The van der Waals surface area contributed by atoms with Crippen LogP contribution >= 0.6 is 11.3 Å². The summed E-state index contributed by atoms with van der Waals surface area (Å²) in [6.45, 7) is 5.07. The number of sulfone groups is 1. The van der Waals surface area contributed by atoms with E-state index in [0.717, 1.165) is 23.1 Å². The number of benzene rings is 2. The van der Waals surface area contributed by atoms with Crippen LogP contribution in [0.25, 0.3) is 6.08 Å². The van der Waals surface area contributed by atoms with E-state index in [2.05, 4.69) is 21.6 Å². The van der Waals surface area contributed by atoms with Crippen LogP contribution in [-0.2, 0) is 14.6 Å². The summed E-state index contributed by atoms with van der Waals surface area (Å²) < 4.78 is 34.2. The Kier molecular flexibility index (Phi) is 8.57. The van der Waals surface area contributed by atoms with Crippen molar-refractivity contribution in [2.24, 2.45) is 0 Å². The first-order chi connectivity index (χ1) is 16.6. The van der Waals surface area contributed by atoms with Gasteiger partial charge in [-0.15, -0.1) is 10.2 Å². The summed E-state index contributed by atoms with van der Waals surface area (Å²) in [5, 5.41) is 18.9. The monoisotopic (exact) mass is 512 g/mol. The number of anilines is 1. The minimum atomic E-state index is -3.53. The Morgan fingerprint density at radius 3 is 2.26 bits per heavy atom. The number of amides is 1. The standard InChI is InChI=1S/C24H24N4O5S2/c1-16-11-17(2)13-21(12-16)33-10-4-9-32-20-7-5-18(6-8-20)14-19(15-25)22(29)26-23-27-28-24(34-23)35(3,30)31/h5-8,11-14H,4,9-10H2,1-3H3,(H,26,27,29)/b19-14-. The molecule has 1 aromatic heterocycles. The van der Waals surface area contributed by atoms with Gasteiger partial charge in [0.05, 0.1) is 13.2 Å². The largest absolute Gasteiger partial charge is 0.493 e. The zero-order valence-electron chi connectivity index (χ0n) is 19.4. The van der Waals surface area contributed by atoms with Gasteiger partial charge < -0.3 is 9.47 Å². The van der Waals surface area contributed by atoms with Gasteiger partial charge in [-0.2, -0.15) is 5.26 Å². The summed E-state index contributed by atoms with van der Waals surface area (Å²) in [5.41, 5.74) is 2.77. The van der Waals surface area contributed by atoms with Gasteiger partial charge in [0, 0.05) is 12.7 Å². The van der Waals surface area contributed by atoms with Crippen molar-refractivity contribution in [3.63, 3.8) is 0 Å². The third-order valence-electron chi connectivity index (χ3n) is 4.52. The molecule has 1 heterocycles. The van der Waals surface area contributed by atoms with Crippen LogP contribution in [-0.4, -0.2) is 44.0 Å². The molecule has 0 aliphatic carbocycles. The summed E-state index contributed by atoms with van der Waals surface area (Å²) in [5.74, 6) is 0.782. The number of aryl methyl sites for hydroxylation is 2. The maximum Gasteiger partial charge on any atom is 0.268 e. The number of aromatic nitrogens is 2. The predicted octanol–water partition coefficient (Wildman–Crippen LogP) is 3.95. The van der Waals surface area contributed by atoms with E-state index >= 15 is 0 Å². The number of ether oxygens (including phenoxy) is 2. The number of hydrogen-bond acceptors (Lipinski definition) is 9. The lowest BCUT2D eigenvalue weighted by Gasteiger charge is -2.09. The second-order valence-corrected chi connectivity index (χ2v) is 10.9. The molecule has 2 aromatic carbocycles. The molecule has 0 spiro atoms. The first-order valence-electron chi connectivity index (χ1n) is 10.5. The molecular weight excluding hydrogens is 488 g/mol. The molecule has 0 unspecified atom stereocenters. The molecule has 0 radical (unpaired) electrons. The molecule has 11 heteroatoms. The Morgan fingerprint density at radius 1 is 1.06 bits per heavy atom. The zero-order valence-corrected chi connectivity index (χ0v) is 21.1. The summed E-state index contributed by atoms with van der Waals surface area (Å²) in [7, 11) is -3.53. The SMILES string of the molecule is Cc1cc(C)cc(OCCCOc2ccc(/C=C(/C#N)C(=O)Nc3nnc(S(C)(=O)=O)s3)cc2)c1. The molecule has 0 aliphatic rings. The van der Waals surface area contributed by atoms with Gasteiger partial charge in [0.25, 0.3) is 5.91 Å². The van der Waals surface area contributed by atoms with Gasteiger partial charge in [0.1, 0.15) is 23.1 Å². The molecule has 35 heavy (non-hydrogen) atoms. The topological polar surface area (TPSA) is 131 Å². The van der Waals surface area contributed by atoms with Crippen molar-refractivity contribution in [2.75, 3.05) is 24.8 Å². The third-order valence-corrected chi connectivity index (χ3v) is 7.03. The lowest BCUT2D eigenvalue weighted by atomic mass is 10.1. The van der Waals surface area contributed by atoms with Crippen LogP contribution in [0.3, 0.4) is 0 Å². The van der Waals surface area contributed by atoms with Crippen LogP contribution in [0.1, 0.15) is 23.1 Å². The smallest absolute Gasteiger partial charge is 0.268 e. The molecule has 3 rings (SSSR count). The number of nitrogens with zero attached hydrogens (tertiary/aromatic N) is 3. The van der Waals surface area contributed by atoms with E-state index in [0.29, 0.717) is 42.3 Å². The lowest BCUT2D eigenvalue weighted by molar-refractivity contribution is -0.112. The molecular formula is C24H24N4O5S2. The Morgan fingerprint density at radius 2 is 1.69 bits per heavy atom. The fraction of sp³-hybridized carbons (Fsp3) is 0.250. The highest BCUT2D eigenvalue weighted by molar-refractivity contribution is 7.92. The van der Waals surface area contributed by atoms with Crippen LogP contribution in [0.5, 0.6) is 11.5 Å². The summed E-state index contributed by atoms with van der Waals surface area (Å²) in [6.07, 6.45) is 3.11. The summed E-state index contributed by atoms with van der Waals surface area (Å²) >= 11 is 0.711. The van der Waals surface area contributed by atoms with E-state index in [-0.39, 0.29) is 15.0 Å². The Hall–Kier alpha value is -3.75. The average molecular weight is 513 g/mol. The normalized spacial score (nSPS) is 11.5. The average Bonchev–Trinajstić information content (AvgIpc) is 3.26. The second-order valence-electron chi connectivity index (χ2n) is 7.71. The predicted molar refractivity (Wildman–Crippen MR) is 133 cm³/mol. The fourth-order valence-corrected chi connectivity index (χ4v) is 4.51. The number of hydrogen-bond donors (Lipinski definition) is 1. The van der Waals surface area contributed by atoms with Gasteiger partial charge in [-0.1, -0.05) is 29.5 Å². The maximum atomic E-state index is 12.4. The maximum absolute atomic E-state index is 12.4. The molecule has 182 valence electrons. The van der Waals surface area contributed by atoms with Crippen LogP contribution in [0.4, 0.5) is 5.13 Å². The highest BCUT2D eigenvalue weighted by Crippen LogP contribution is 2.21. The molecule has 3 aromatic rings. The molecule has 0 atom stereocenters. The zero-order chi connectivity index (χ0) is 25.4. The Bertz CT molecular complexity index is 1350. The van der Waals surface area contributed by atoms with Crippen molar-refractivity contribution >= 4 is 38.3 Å². The van der Waals surface area contributed by atoms with Crippen LogP contribution in [0.2, 0.25) is 0 Å². The van der Waals surface area contributed by atoms with E-state index in [9.17, 15) is 18.5 Å². The van der Waals surface area contributed by atoms with Gasteiger partial charge in [0.2, 0.25) is 19.3 Å². The van der Waals surface area contributed by atoms with E-state index < -0.39 is 15.7 Å². The molecule has 0 bridgehead atoms. The molecule has 1 N–H and O–H groups in total. The number of rotatable bonds is 10. The van der Waals surface area contributed by atoms with Crippen molar-refractivity contribution in [2.45, 2.75) is 24.6 Å².